The normalized spacial score (nSPS) is 21.5. The molecule has 0 amide bonds. The van der Waals surface area contributed by atoms with E-state index in [1.807, 2.05) is 6.92 Å². The number of fused-ring (bicyclic) bond motifs is 1. The Bertz CT molecular complexity index is 333. The van der Waals surface area contributed by atoms with Gasteiger partial charge in [-0.3, -0.25) is 0 Å². The van der Waals surface area contributed by atoms with E-state index in [2.05, 4.69) is 25.1 Å². The summed E-state index contributed by atoms with van der Waals surface area (Å²) in [5.74, 6) is 1.61. The largest absolute Gasteiger partial charge is 0.492 e. The van der Waals surface area contributed by atoms with Crippen LogP contribution in [-0.4, -0.2) is 12.6 Å². The van der Waals surface area contributed by atoms with Crippen LogP contribution in [0.5, 0.6) is 5.75 Å². The summed E-state index contributed by atoms with van der Waals surface area (Å²) in [7, 11) is 0. The van der Waals surface area contributed by atoms with Gasteiger partial charge >= 0.3 is 0 Å². The Morgan fingerprint density at radius 2 is 2.36 bits per heavy atom. The van der Waals surface area contributed by atoms with Gasteiger partial charge in [0.1, 0.15) is 5.75 Å². The monoisotopic (exact) mass is 191 g/mol. The number of nitrogens with two attached hydrogens (primary N) is 1. The van der Waals surface area contributed by atoms with Crippen molar-refractivity contribution in [3.05, 3.63) is 29.3 Å². The van der Waals surface area contributed by atoms with Gasteiger partial charge in [-0.1, -0.05) is 25.1 Å². The molecular formula is C12H17NO. The van der Waals surface area contributed by atoms with Crippen molar-refractivity contribution in [2.24, 2.45) is 5.73 Å². The molecule has 76 valence electrons. The zero-order valence-electron chi connectivity index (χ0n) is 8.79. The highest BCUT2D eigenvalue weighted by molar-refractivity contribution is 5.46. The van der Waals surface area contributed by atoms with E-state index in [-0.39, 0.29) is 6.04 Å². The maximum atomic E-state index is 5.80. The lowest BCUT2D eigenvalue weighted by atomic mass is 9.98. The van der Waals surface area contributed by atoms with Crippen molar-refractivity contribution >= 4 is 0 Å². The number of benzene rings is 1. The van der Waals surface area contributed by atoms with E-state index < -0.39 is 0 Å². The van der Waals surface area contributed by atoms with E-state index in [1.54, 1.807) is 0 Å². The molecule has 1 aliphatic rings. The summed E-state index contributed by atoms with van der Waals surface area (Å²) in [5.41, 5.74) is 8.39. The minimum atomic E-state index is 0.195. The van der Waals surface area contributed by atoms with Gasteiger partial charge in [0.2, 0.25) is 0 Å². The van der Waals surface area contributed by atoms with Crippen molar-refractivity contribution in [2.45, 2.75) is 32.2 Å². The molecular weight excluding hydrogens is 174 g/mol. The van der Waals surface area contributed by atoms with Crippen LogP contribution in [0.15, 0.2) is 18.2 Å². The second-order valence-electron chi connectivity index (χ2n) is 4.23. The molecule has 0 saturated heterocycles. The Morgan fingerprint density at radius 3 is 3.07 bits per heavy atom. The standard InChI is InChI=1S/C12H17NO/c1-8-7-14-12-10(6-9(2)13)4-3-5-11(8)12/h3-5,8-9H,6-7,13H2,1-2H3. The van der Waals surface area contributed by atoms with Crippen LogP contribution in [0, 0.1) is 0 Å². The van der Waals surface area contributed by atoms with Gasteiger partial charge in [0.15, 0.2) is 0 Å². The lowest BCUT2D eigenvalue weighted by Gasteiger charge is -2.09. The van der Waals surface area contributed by atoms with Gasteiger partial charge in [-0.2, -0.15) is 0 Å². The number of hydrogen-bond acceptors (Lipinski definition) is 2. The summed E-state index contributed by atoms with van der Waals surface area (Å²) in [6.07, 6.45) is 0.899. The minimum Gasteiger partial charge on any atom is -0.492 e. The van der Waals surface area contributed by atoms with Gasteiger partial charge in [0.25, 0.3) is 0 Å². The van der Waals surface area contributed by atoms with Crippen LogP contribution < -0.4 is 10.5 Å². The zero-order chi connectivity index (χ0) is 10.1. The first-order valence-electron chi connectivity index (χ1n) is 5.18. The van der Waals surface area contributed by atoms with Crippen LogP contribution in [0.3, 0.4) is 0 Å². The molecule has 0 fully saturated rings. The third-order valence-electron chi connectivity index (χ3n) is 2.68. The first-order valence-corrected chi connectivity index (χ1v) is 5.18. The number of ether oxygens (including phenoxy) is 1. The first kappa shape index (κ1) is 9.53. The van der Waals surface area contributed by atoms with E-state index in [9.17, 15) is 0 Å². The third-order valence-corrected chi connectivity index (χ3v) is 2.68. The second kappa shape index (κ2) is 3.62. The van der Waals surface area contributed by atoms with Crippen molar-refractivity contribution in [2.75, 3.05) is 6.61 Å². The Kier molecular flexibility index (Phi) is 2.46. The molecule has 0 spiro atoms. The average molecular weight is 191 g/mol. The first-order chi connectivity index (χ1) is 6.68. The van der Waals surface area contributed by atoms with Crippen LogP contribution in [-0.2, 0) is 6.42 Å². The van der Waals surface area contributed by atoms with Gasteiger partial charge in [0, 0.05) is 17.5 Å². The summed E-state index contributed by atoms with van der Waals surface area (Å²) < 4.78 is 5.69. The van der Waals surface area contributed by atoms with E-state index in [0.717, 1.165) is 18.8 Å². The van der Waals surface area contributed by atoms with Gasteiger partial charge in [-0.05, 0) is 18.9 Å². The van der Waals surface area contributed by atoms with E-state index in [4.69, 9.17) is 10.5 Å². The second-order valence-corrected chi connectivity index (χ2v) is 4.23. The summed E-state index contributed by atoms with van der Waals surface area (Å²) in [5, 5.41) is 0. The molecule has 1 aliphatic heterocycles. The molecule has 0 bridgehead atoms. The molecule has 2 nitrogen and oxygen atoms in total. The van der Waals surface area contributed by atoms with Gasteiger partial charge in [0.05, 0.1) is 6.61 Å². The fraction of sp³-hybridized carbons (Fsp3) is 0.500. The van der Waals surface area contributed by atoms with E-state index >= 15 is 0 Å². The summed E-state index contributed by atoms with van der Waals surface area (Å²) >= 11 is 0. The fourth-order valence-electron chi connectivity index (χ4n) is 1.97. The molecule has 1 aromatic rings. The third kappa shape index (κ3) is 1.62. The molecule has 0 radical (unpaired) electrons. The average Bonchev–Trinajstić information content (AvgIpc) is 2.49. The predicted molar refractivity (Wildman–Crippen MR) is 57.7 cm³/mol. The Labute approximate surface area is 85.1 Å². The summed E-state index contributed by atoms with van der Waals surface area (Å²) in [6, 6.07) is 6.56. The molecule has 0 aliphatic carbocycles. The summed E-state index contributed by atoms with van der Waals surface area (Å²) in [6.45, 7) is 5.03. The van der Waals surface area contributed by atoms with Gasteiger partial charge < -0.3 is 10.5 Å². The van der Waals surface area contributed by atoms with E-state index in [0.29, 0.717) is 5.92 Å². The van der Waals surface area contributed by atoms with Crippen molar-refractivity contribution in [1.29, 1.82) is 0 Å². The number of rotatable bonds is 2. The highest BCUT2D eigenvalue weighted by Gasteiger charge is 2.22. The molecule has 2 unspecified atom stereocenters. The quantitative estimate of drug-likeness (QED) is 0.776. The van der Waals surface area contributed by atoms with Crippen LogP contribution in [0.4, 0.5) is 0 Å². The molecule has 2 rings (SSSR count). The molecule has 2 atom stereocenters. The molecule has 2 heteroatoms. The molecule has 1 heterocycles. The fourth-order valence-corrected chi connectivity index (χ4v) is 1.97. The number of hydrogen-bond donors (Lipinski definition) is 1. The molecule has 14 heavy (non-hydrogen) atoms. The molecule has 0 saturated carbocycles. The van der Waals surface area contributed by atoms with Gasteiger partial charge in [-0.15, -0.1) is 0 Å². The highest BCUT2D eigenvalue weighted by atomic mass is 16.5. The highest BCUT2D eigenvalue weighted by Crippen LogP contribution is 2.36. The van der Waals surface area contributed by atoms with Crippen LogP contribution >= 0.6 is 0 Å². The van der Waals surface area contributed by atoms with Crippen molar-refractivity contribution < 1.29 is 4.74 Å². The topological polar surface area (TPSA) is 35.2 Å². The molecule has 2 N–H and O–H groups in total. The number of para-hydroxylation sites is 1. The van der Waals surface area contributed by atoms with Crippen LogP contribution in [0.2, 0.25) is 0 Å². The predicted octanol–water partition coefficient (Wildman–Crippen LogP) is 2.07. The Hall–Kier alpha value is -1.02. The minimum absolute atomic E-state index is 0.195. The molecule has 0 aromatic heterocycles. The van der Waals surface area contributed by atoms with Crippen molar-refractivity contribution in [3.8, 4) is 5.75 Å². The van der Waals surface area contributed by atoms with Crippen LogP contribution in [0.1, 0.15) is 30.9 Å². The zero-order valence-corrected chi connectivity index (χ0v) is 8.79. The van der Waals surface area contributed by atoms with Crippen molar-refractivity contribution in [1.82, 2.24) is 0 Å². The maximum absolute atomic E-state index is 5.80. The van der Waals surface area contributed by atoms with Crippen molar-refractivity contribution in [3.63, 3.8) is 0 Å². The molecule has 1 aromatic carbocycles. The lowest BCUT2D eigenvalue weighted by molar-refractivity contribution is 0.334. The van der Waals surface area contributed by atoms with Gasteiger partial charge in [-0.25, -0.2) is 0 Å². The van der Waals surface area contributed by atoms with Crippen LogP contribution in [0.25, 0.3) is 0 Å². The lowest BCUT2D eigenvalue weighted by Crippen LogP contribution is -2.18. The SMILES string of the molecule is CC(N)Cc1cccc2c1OCC2C. The maximum Gasteiger partial charge on any atom is 0.126 e. The Balaban J connectivity index is 2.34. The Morgan fingerprint density at radius 1 is 1.57 bits per heavy atom. The summed E-state index contributed by atoms with van der Waals surface area (Å²) in [4.78, 5) is 0. The smallest absolute Gasteiger partial charge is 0.126 e. The van der Waals surface area contributed by atoms with E-state index in [1.165, 1.54) is 11.1 Å².